The molecule has 126 valence electrons. The normalized spacial score (nSPS) is 11.3. The van der Waals surface area contributed by atoms with E-state index in [9.17, 15) is 9.59 Å². The lowest BCUT2D eigenvalue weighted by Gasteiger charge is -2.16. The highest BCUT2D eigenvalue weighted by atomic mass is 16.6. The average Bonchev–Trinajstić information content (AvgIpc) is 2.61. The summed E-state index contributed by atoms with van der Waals surface area (Å²) in [6.45, 7) is 1.50. The maximum Gasteiger partial charge on any atom is 0.342 e. The van der Waals surface area contributed by atoms with Gasteiger partial charge in [0.15, 0.2) is 17.6 Å². The topological polar surface area (TPSA) is 73.9 Å². The van der Waals surface area contributed by atoms with Crippen molar-refractivity contribution < 1.29 is 23.8 Å². The van der Waals surface area contributed by atoms with Gasteiger partial charge in [-0.3, -0.25) is 4.79 Å². The molecule has 0 bridgehead atoms. The number of amides is 1. The molecule has 0 aliphatic carbocycles. The van der Waals surface area contributed by atoms with Gasteiger partial charge in [-0.15, -0.1) is 0 Å². The third-order valence-corrected chi connectivity index (χ3v) is 3.32. The molecule has 0 heterocycles. The molecule has 0 aromatic heterocycles. The summed E-state index contributed by atoms with van der Waals surface area (Å²) >= 11 is 0. The Labute approximate surface area is 140 Å². The van der Waals surface area contributed by atoms with Crippen LogP contribution in [-0.2, 0) is 9.53 Å². The van der Waals surface area contributed by atoms with Crippen LogP contribution in [0.4, 0.5) is 5.69 Å². The fourth-order valence-electron chi connectivity index (χ4n) is 2.09. The Bertz CT molecular complexity index is 715. The molecule has 2 rings (SSSR count). The second-order valence-corrected chi connectivity index (χ2v) is 4.94. The number of hydrogen-bond acceptors (Lipinski definition) is 5. The van der Waals surface area contributed by atoms with Crippen molar-refractivity contribution in [1.82, 2.24) is 0 Å². The van der Waals surface area contributed by atoms with E-state index in [-0.39, 0.29) is 11.3 Å². The molecule has 0 aliphatic rings. The van der Waals surface area contributed by atoms with Crippen LogP contribution >= 0.6 is 0 Å². The average molecular weight is 329 g/mol. The number of carbonyl (C=O) groups is 2. The van der Waals surface area contributed by atoms with Gasteiger partial charge < -0.3 is 19.5 Å². The van der Waals surface area contributed by atoms with Gasteiger partial charge in [-0.1, -0.05) is 24.3 Å². The fraction of sp³-hybridized carbons (Fsp3) is 0.222. The van der Waals surface area contributed by atoms with Crippen molar-refractivity contribution >= 4 is 17.6 Å². The Balaban J connectivity index is 2.07. The number of anilines is 1. The highest BCUT2D eigenvalue weighted by Gasteiger charge is 2.23. The molecule has 1 amide bonds. The number of rotatable bonds is 6. The number of ether oxygens (including phenoxy) is 3. The van der Waals surface area contributed by atoms with Crippen molar-refractivity contribution in [3.8, 4) is 11.5 Å². The molecule has 0 spiro atoms. The van der Waals surface area contributed by atoms with Gasteiger partial charge in [-0.05, 0) is 31.2 Å². The first-order chi connectivity index (χ1) is 11.6. The first kappa shape index (κ1) is 17.3. The molecule has 0 aliphatic heterocycles. The largest absolute Gasteiger partial charge is 0.493 e. The summed E-state index contributed by atoms with van der Waals surface area (Å²) in [5.74, 6) is -0.410. The number of esters is 1. The summed E-state index contributed by atoms with van der Waals surface area (Å²) in [5, 5.41) is 2.68. The first-order valence-electron chi connectivity index (χ1n) is 7.34. The first-order valence-corrected chi connectivity index (χ1v) is 7.34. The van der Waals surface area contributed by atoms with Crippen LogP contribution in [-0.4, -0.2) is 32.2 Å². The van der Waals surface area contributed by atoms with E-state index in [1.807, 2.05) is 6.07 Å². The van der Waals surface area contributed by atoms with Gasteiger partial charge in [0.2, 0.25) is 0 Å². The number of nitrogens with one attached hydrogen (secondary N) is 1. The molecule has 2 aromatic carbocycles. The lowest BCUT2D eigenvalue weighted by molar-refractivity contribution is -0.123. The van der Waals surface area contributed by atoms with Crippen LogP contribution < -0.4 is 14.8 Å². The van der Waals surface area contributed by atoms with Crippen LogP contribution in [0.25, 0.3) is 0 Å². The van der Waals surface area contributed by atoms with Crippen LogP contribution in [0.3, 0.4) is 0 Å². The van der Waals surface area contributed by atoms with Crippen molar-refractivity contribution in [1.29, 1.82) is 0 Å². The van der Waals surface area contributed by atoms with Gasteiger partial charge in [0.1, 0.15) is 5.56 Å². The SMILES string of the molecule is COc1cccc(C(=O)O[C@H](C)C(=O)Nc2ccccc2)c1OC. The van der Waals surface area contributed by atoms with E-state index in [0.29, 0.717) is 11.4 Å². The summed E-state index contributed by atoms with van der Waals surface area (Å²) in [5.41, 5.74) is 0.820. The lowest BCUT2D eigenvalue weighted by Crippen LogP contribution is -2.30. The van der Waals surface area contributed by atoms with E-state index in [0.717, 1.165) is 0 Å². The summed E-state index contributed by atoms with van der Waals surface area (Å²) in [6.07, 6.45) is -0.964. The predicted octanol–water partition coefficient (Wildman–Crippen LogP) is 2.89. The molecular formula is C18H19NO5. The molecule has 0 unspecified atom stereocenters. The smallest absolute Gasteiger partial charge is 0.342 e. The predicted molar refractivity (Wildman–Crippen MR) is 89.5 cm³/mol. The van der Waals surface area contributed by atoms with E-state index in [1.54, 1.807) is 42.5 Å². The van der Waals surface area contributed by atoms with Crippen molar-refractivity contribution in [3.63, 3.8) is 0 Å². The van der Waals surface area contributed by atoms with Crippen LogP contribution in [0.15, 0.2) is 48.5 Å². The van der Waals surface area contributed by atoms with Crippen molar-refractivity contribution in [3.05, 3.63) is 54.1 Å². The third-order valence-electron chi connectivity index (χ3n) is 3.32. The van der Waals surface area contributed by atoms with Crippen molar-refractivity contribution in [2.24, 2.45) is 0 Å². The molecule has 0 radical (unpaired) electrons. The quantitative estimate of drug-likeness (QED) is 0.825. The molecule has 0 saturated carbocycles. The minimum atomic E-state index is -0.964. The van der Waals surface area contributed by atoms with Gasteiger partial charge in [0.25, 0.3) is 5.91 Å². The standard InChI is InChI=1S/C18H19NO5/c1-12(17(20)19-13-8-5-4-6-9-13)24-18(21)14-10-7-11-15(22-2)16(14)23-3/h4-12H,1-3H3,(H,19,20)/t12-/m1/s1. The van der Waals surface area contributed by atoms with Crippen molar-refractivity contribution in [2.75, 3.05) is 19.5 Å². The Hall–Kier alpha value is -3.02. The van der Waals surface area contributed by atoms with Crippen molar-refractivity contribution in [2.45, 2.75) is 13.0 Å². The van der Waals surface area contributed by atoms with E-state index < -0.39 is 18.0 Å². The second-order valence-electron chi connectivity index (χ2n) is 4.94. The number of benzene rings is 2. The van der Waals surface area contributed by atoms with E-state index >= 15 is 0 Å². The van der Waals surface area contributed by atoms with Crippen LogP contribution in [0.1, 0.15) is 17.3 Å². The molecule has 6 nitrogen and oxygen atoms in total. The monoisotopic (exact) mass is 329 g/mol. The Morgan fingerprint density at radius 2 is 1.67 bits per heavy atom. The molecular weight excluding hydrogens is 310 g/mol. The van der Waals surface area contributed by atoms with E-state index in [2.05, 4.69) is 5.32 Å². The van der Waals surface area contributed by atoms with Crippen LogP contribution in [0.5, 0.6) is 11.5 Å². The molecule has 0 saturated heterocycles. The molecule has 1 atom stereocenters. The number of hydrogen-bond donors (Lipinski definition) is 1. The van der Waals surface area contributed by atoms with Gasteiger partial charge in [-0.2, -0.15) is 0 Å². The Morgan fingerprint density at radius 3 is 2.29 bits per heavy atom. The fourth-order valence-corrected chi connectivity index (χ4v) is 2.09. The maximum absolute atomic E-state index is 12.3. The Kier molecular flexibility index (Phi) is 5.78. The number of carbonyl (C=O) groups excluding carboxylic acids is 2. The Morgan fingerprint density at radius 1 is 0.958 bits per heavy atom. The van der Waals surface area contributed by atoms with Gasteiger partial charge in [-0.25, -0.2) is 4.79 Å². The molecule has 0 fully saturated rings. The third kappa shape index (κ3) is 4.04. The van der Waals surface area contributed by atoms with Crippen LogP contribution in [0.2, 0.25) is 0 Å². The summed E-state index contributed by atoms with van der Waals surface area (Å²) < 4.78 is 15.6. The van der Waals surface area contributed by atoms with Gasteiger partial charge >= 0.3 is 5.97 Å². The minimum Gasteiger partial charge on any atom is -0.493 e. The number of methoxy groups -OCH3 is 2. The van der Waals surface area contributed by atoms with E-state index in [4.69, 9.17) is 14.2 Å². The summed E-state index contributed by atoms with van der Waals surface area (Å²) in [4.78, 5) is 24.4. The number of para-hydroxylation sites is 2. The molecule has 2 aromatic rings. The summed E-state index contributed by atoms with van der Waals surface area (Å²) in [6, 6.07) is 13.8. The molecule has 24 heavy (non-hydrogen) atoms. The highest BCUT2D eigenvalue weighted by Crippen LogP contribution is 2.31. The maximum atomic E-state index is 12.3. The second kappa shape index (κ2) is 8.01. The van der Waals surface area contributed by atoms with E-state index in [1.165, 1.54) is 21.1 Å². The zero-order chi connectivity index (χ0) is 17.5. The highest BCUT2D eigenvalue weighted by molar-refractivity contribution is 5.98. The minimum absolute atomic E-state index is 0.191. The zero-order valence-electron chi connectivity index (χ0n) is 13.7. The molecule has 1 N–H and O–H groups in total. The molecule has 6 heteroatoms. The van der Waals surface area contributed by atoms with Gasteiger partial charge in [0, 0.05) is 5.69 Å². The summed E-state index contributed by atoms with van der Waals surface area (Å²) in [7, 11) is 2.91. The lowest BCUT2D eigenvalue weighted by atomic mass is 10.2. The zero-order valence-corrected chi connectivity index (χ0v) is 13.7. The van der Waals surface area contributed by atoms with Gasteiger partial charge in [0.05, 0.1) is 14.2 Å². The van der Waals surface area contributed by atoms with Crippen LogP contribution in [0, 0.1) is 0 Å².